The molecule has 1 heterocycles. The number of para-hydroxylation sites is 2. The van der Waals surface area contributed by atoms with Crippen LogP contribution in [0.1, 0.15) is 30.0 Å². The van der Waals surface area contributed by atoms with Crippen LogP contribution >= 0.6 is 0 Å². The fourth-order valence-electron chi connectivity index (χ4n) is 5.17. The lowest BCUT2D eigenvalue weighted by molar-refractivity contribution is -0.139. The summed E-state index contributed by atoms with van der Waals surface area (Å²) in [4.78, 5) is 30.9. The van der Waals surface area contributed by atoms with E-state index in [2.05, 4.69) is 10.4 Å². The van der Waals surface area contributed by atoms with Crippen LogP contribution < -0.4 is 10.2 Å². The van der Waals surface area contributed by atoms with Crippen molar-refractivity contribution in [3.05, 3.63) is 102 Å². The average molecular weight is 543 g/mol. The molecule has 4 rings (SSSR count). The summed E-state index contributed by atoms with van der Waals surface area (Å²) in [6.45, 7) is 2.87. The number of hydrogen-bond donors (Lipinski definition) is 3. The van der Waals surface area contributed by atoms with Crippen LogP contribution in [0.25, 0.3) is 10.9 Å². The average Bonchev–Trinajstić information content (AvgIpc) is 3.37. The number of benzene rings is 3. The molecule has 0 aliphatic rings. The van der Waals surface area contributed by atoms with E-state index in [1.807, 2.05) is 97.0 Å². The van der Waals surface area contributed by atoms with Gasteiger partial charge in [-0.15, -0.1) is 0 Å². The van der Waals surface area contributed by atoms with Gasteiger partial charge in [-0.1, -0.05) is 73.7 Å². The van der Waals surface area contributed by atoms with Crippen molar-refractivity contribution in [3.8, 4) is 5.75 Å². The summed E-state index contributed by atoms with van der Waals surface area (Å²) >= 11 is 0. The molecular formula is C32H38N4O4. The predicted molar refractivity (Wildman–Crippen MR) is 157 cm³/mol. The molecule has 2 atom stereocenters. The Labute approximate surface area is 235 Å². The second-order valence-corrected chi connectivity index (χ2v) is 9.99. The maximum Gasteiger partial charge on any atom is 0.304 e. The van der Waals surface area contributed by atoms with E-state index in [-0.39, 0.29) is 12.3 Å². The summed E-state index contributed by atoms with van der Waals surface area (Å²) in [6.07, 6.45) is 2.82. The highest BCUT2D eigenvalue weighted by molar-refractivity contribution is 5.83. The summed E-state index contributed by atoms with van der Waals surface area (Å²) in [6, 6.07) is 24.6. The second kappa shape index (κ2) is 13.8. The van der Waals surface area contributed by atoms with Gasteiger partial charge in [-0.3, -0.25) is 15.0 Å². The lowest BCUT2D eigenvalue weighted by Crippen LogP contribution is -2.57. The zero-order valence-electron chi connectivity index (χ0n) is 23.3. The first-order valence-electron chi connectivity index (χ1n) is 13.6. The van der Waals surface area contributed by atoms with E-state index in [4.69, 9.17) is 4.74 Å². The molecule has 0 fully saturated rings. The highest BCUT2D eigenvalue weighted by atomic mass is 16.5. The number of carboxylic acid groups (broad SMARTS) is 1. The Balaban J connectivity index is 1.60. The summed E-state index contributed by atoms with van der Waals surface area (Å²) in [5.41, 5.74) is 7.43. The van der Waals surface area contributed by atoms with E-state index >= 15 is 0 Å². The Morgan fingerprint density at radius 1 is 0.950 bits per heavy atom. The minimum Gasteiger partial charge on any atom is -0.496 e. The first-order chi connectivity index (χ1) is 19.4. The largest absolute Gasteiger partial charge is 0.496 e. The molecule has 0 bridgehead atoms. The van der Waals surface area contributed by atoms with Crippen LogP contribution in [0, 0.1) is 0 Å². The van der Waals surface area contributed by atoms with E-state index in [1.54, 1.807) is 19.1 Å². The van der Waals surface area contributed by atoms with Crippen LogP contribution in [-0.2, 0) is 29.0 Å². The zero-order chi connectivity index (χ0) is 28.5. The van der Waals surface area contributed by atoms with Crippen LogP contribution in [0.15, 0.2) is 85.1 Å². The number of carbonyl (C=O) groups is 2. The number of nitrogens with one attached hydrogen (secondary N) is 2. The van der Waals surface area contributed by atoms with Crippen molar-refractivity contribution in [2.24, 2.45) is 0 Å². The van der Waals surface area contributed by atoms with Crippen LogP contribution in [0.3, 0.4) is 0 Å². The second-order valence-electron chi connectivity index (χ2n) is 9.99. The molecule has 2 unspecified atom stereocenters. The molecule has 40 heavy (non-hydrogen) atoms. The zero-order valence-corrected chi connectivity index (χ0v) is 23.3. The Hall–Kier alpha value is -4.14. The van der Waals surface area contributed by atoms with Crippen LogP contribution in [-0.4, -0.2) is 64.7 Å². The summed E-state index contributed by atoms with van der Waals surface area (Å²) in [5, 5.41) is 12.7. The van der Waals surface area contributed by atoms with Crippen molar-refractivity contribution >= 4 is 22.8 Å². The van der Waals surface area contributed by atoms with Gasteiger partial charge < -0.3 is 19.7 Å². The monoisotopic (exact) mass is 542 g/mol. The van der Waals surface area contributed by atoms with Gasteiger partial charge in [-0.25, -0.2) is 5.01 Å². The van der Waals surface area contributed by atoms with Crippen molar-refractivity contribution in [2.45, 2.75) is 44.8 Å². The molecule has 1 amide bonds. The van der Waals surface area contributed by atoms with Crippen LogP contribution in [0.4, 0.5) is 0 Å². The van der Waals surface area contributed by atoms with Crippen molar-refractivity contribution in [1.82, 2.24) is 20.3 Å². The van der Waals surface area contributed by atoms with Crippen molar-refractivity contribution in [3.63, 3.8) is 0 Å². The third-order valence-electron chi connectivity index (χ3n) is 7.16. The highest BCUT2D eigenvalue weighted by Crippen LogP contribution is 2.22. The number of H-pyrrole nitrogens is 1. The topological polar surface area (TPSA) is 97.9 Å². The third-order valence-corrected chi connectivity index (χ3v) is 7.16. The van der Waals surface area contributed by atoms with Crippen LogP contribution in [0.2, 0.25) is 0 Å². The Morgan fingerprint density at radius 3 is 2.38 bits per heavy atom. The number of nitrogens with zero attached hydrogens (tertiary/aromatic N) is 2. The van der Waals surface area contributed by atoms with Crippen molar-refractivity contribution < 1.29 is 19.4 Å². The molecule has 1 aromatic heterocycles. The van der Waals surface area contributed by atoms with E-state index < -0.39 is 18.1 Å². The smallest absolute Gasteiger partial charge is 0.304 e. The fourth-order valence-corrected chi connectivity index (χ4v) is 5.17. The van der Waals surface area contributed by atoms with Gasteiger partial charge in [0.05, 0.1) is 13.5 Å². The van der Waals surface area contributed by atoms with E-state index in [0.717, 1.165) is 33.3 Å². The standard InChI is InChI=1S/C32H38N4O4/c1-4-36(34-26(20-31(37)38)19-25-21-33-28-16-10-9-15-27(25)28)29(18-23-12-6-5-7-13-23)32(39)35(2)22-24-14-8-11-17-30(24)40-3/h5-17,21,26,29,33-34H,4,18-20,22H2,1-3H3,(H,37,38). The summed E-state index contributed by atoms with van der Waals surface area (Å²) in [5.74, 6) is -0.231. The number of carboxylic acids is 1. The lowest BCUT2D eigenvalue weighted by atomic mass is 10.0. The van der Waals surface area contributed by atoms with Gasteiger partial charge in [0, 0.05) is 48.8 Å². The summed E-state index contributed by atoms with van der Waals surface area (Å²) in [7, 11) is 3.42. The molecule has 0 aliphatic heterocycles. The van der Waals surface area contributed by atoms with E-state index in [9.17, 15) is 14.7 Å². The number of hydrazine groups is 1. The molecule has 210 valence electrons. The van der Waals surface area contributed by atoms with Gasteiger partial charge in [0.2, 0.25) is 5.91 Å². The Bertz CT molecular complexity index is 1400. The Morgan fingerprint density at radius 2 is 1.65 bits per heavy atom. The number of aliphatic carboxylic acids is 1. The predicted octanol–water partition coefficient (Wildman–Crippen LogP) is 4.66. The lowest BCUT2D eigenvalue weighted by Gasteiger charge is -2.36. The number of fused-ring (bicyclic) bond motifs is 1. The first kappa shape index (κ1) is 28.9. The number of aromatic amines is 1. The SMILES string of the molecule is CCN(NC(CC(=O)O)Cc1c[nH]c2ccccc12)C(Cc1ccccc1)C(=O)N(C)Cc1ccccc1OC. The minimum absolute atomic E-state index is 0.0646. The third kappa shape index (κ3) is 7.28. The molecule has 3 aromatic carbocycles. The quantitative estimate of drug-likeness (QED) is 0.201. The molecule has 8 heteroatoms. The molecule has 3 N–H and O–H groups in total. The highest BCUT2D eigenvalue weighted by Gasteiger charge is 2.31. The Kier molecular flexibility index (Phi) is 9.94. The fraction of sp³-hybridized carbons (Fsp3) is 0.312. The molecule has 0 saturated carbocycles. The number of hydrogen-bond acceptors (Lipinski definition) is 5. The van der Waals surface area contributed by atoms with Crippen molar-refractivity contribution in [2.75, 3.05) is 20.7 Å². The summed E-state index contributed by atoms with van der Waals surface area (Å²) < 4.78 is 5.50. The molecular weight excluding hydrogens is 504 g/mol. The van der Waals surface area contributed by atoms with Gasteiger partial charge in [0.15, 0.2) is 0 Å². The number of rotatable bonds is 14. The van der Waals surface area contributed by atoms with Gasteiger partial charge in [-0.2, -0.15) is 0 Å². The maximum atomic E-state index is 14.0. The number of amides is 1. The van der Waals surface area contributed by atoms with E-state index in [0.29, 0.717) is 25.9 Å². The normalized spacial score (nSPS) is 12.8. The van der Waals surface area contributed by atoms with E-state index in [1.165, 1.54) is 0 Å². The molecule has 0 saturated heterocycles. The molecule has 4 aromatic rings. The number of aromatic nitrogens is 1. The van der Waals surface area contributed by atoms with Crippen molar-refractivity contribution in [1.29, 1.82) is 0 Å². The number of carbonyl (C=O) groups excluding carboxylic acids is 1. The number of ether oxygens (including phenoxy) is 1. The number of methoxy groups -OCH3 is 1. The first-order valence-corrected chi connectivity index (χ1v) is 13.6. The molecule has 0 spiro atoms. The van der Waals surface area contributed by atoms with Crippen LogP contribution in [0.5, 0.6) is 5.75 Å². The van der Waals surface area contributed by atoms with Gasteiger partial charge in [0.25, 0.3) is 0 Å². The van der Waals surface area contributed by atoms with Gasteiger partial charge in [0.1, 0.15) is 11.8 Å². The van der Waals surface area contributed by atoms with Gasteiger partial charge in [-0.05, 0) is 36.1 Å². The number of likely N-dealkylation sites (N-methyl/N-ethyl adjacent to an activating group) is 2. The minimum atomic E-state index is -0.896. The molecule has 0 aliphatic carbocycles. The maximum absolute atomic E-state index is 14.0. The van der Waals surface area contributed by atoms with Gasteiger partial charge >= 0.3 is 5.97 Å². The molecule has 8 nitrogen and oxygen atoms in total. The molecule has 0 radical (unpaired) electrons.